The molecule has 0 aromatic heterocycles. The second-order valence-electron chi connectivity index (χ2n) is 10.4. The lowest BCUT2D eigenvalue weighted by Gasteiger charge is -2.60. The molecule has 0 radical (unpaired) electrons. The third-order valence-electron chi connectivity index (χ3n) is 9.09. The number of aliphatic hydroxyl groups excluding tert-OH is 1. The first-order chi connectivity index (χ1) is 14.6. The Balaban J connectivity index is 1.59. The van der Waals surface area contributed by atoms with Crippen LogP contribution in [0.5, 0.6) is 0 Å². The number of thiocarbonyl (C=S) groups is 1. The number of ketones is 2. The van der Waals surface area contributed by atoms with E-state index in [1.807, 2.05) is 19.9 Å². The number of carbonyl (C=O) groups excluding carboxylic acids is 2. The number of thioether (sulfide) groups is 2. The number of hydrogen-bond donors (Lipinski definition) is 2. The average molecular weight is 483 g/mol. The van der Waals surface area contributed by atoms with Gasteiger partial charge in [0.25, 0.3) is 0 Å². The molecule has 4 aliphatic carbocycles. The molecule has 0 saturated heterocycles. The molecule has 4 rings (SSSR count). The first-order valence-electron chi connectivity index (χ1n) is 11.5. The van der Waals surface area contributed by atoms with Crippen molar-refractivity contribution in [3.8, 4) is 0 Å². The highest BCUT2D eigenvalue weighted by molar-refractivity contribution is 8.47. The van der Waals surface area contributed by atoms with E-state index in [2.05, 4.69) is 6.92 Å². The van der Waals surface area contributed by atoms with E-state index >= 15 is 0 Å². The Morgan fingerprint density at radius 2 is 1.97 bits per heavy atom. The molecule has 0 heterocycles. The second kappa shape index (κ2) is 8.53. The molecule has 7 atom stereocenters. The van der Waals surface area contributed by atoms with E-state index in [0.717, 1.165) is 35.0 Å². The van der Waals surface area contributed by atoms with Crippen LogP contribution >= 0.6 is 35.7 Å². The molecule has 3 fully saturated rings. The Hall–Kier alpha value is -0.210. The molecule has 4 nitrogen and oxygen atoms in total. The van der Waals surface area contributed by atoms with Gasteiger partial charge in [0.05, 0.1) is 11.9 Å². The molecular weight excluding hydrogens is 448 g/mol. The molecule has 0 aliphatic heterocycles. The number of aliphatic hydroxyl groups is 2. The molecular formula is C24H34O4S3. The van der Waals surface area contributed by atoms with Gasteiger partial charge in [-0.05, 0) is 73.5 Å². The van der Waals surface area contributed by atoms with Crippen molar-refractivity contribution < 1.29 is 19.8 Å². The molecule has 3 saturated carbocycles. The molecule has 7 heteroatoms. The maximum Gasteiger partial charge on any atom is 0.175 e. The zero-order chi connectivity index (χ0) is 22.6. The Bertz CT molecular complexity index is 826. The van der Waals surface area contributed by atoms with Crippen molar-refractivity contribution >= 4 is 50.8 Å². The summed E-state index contributed by atoms with van der Waals surface area (Å²) in [6.45, 7) is 6.29. The quantitative estimate of drug-likeness (QED) is 0.569. The van der Waals surface area contributed by atoms with Gasteiger partial charge in [0, 0.05) is 11.8 Å². The fourth-order valence-electron chi connectivity index (χ4n) is 7.55. The SMILES string of the molecule is CCSC(=S)SCC(=O)[C@@]1(O)CC[C@H]2[C@@H]3CCC4=CC(=O)CC[C@]4(C)[C@H]3[C@@H](O)C[C@@]21C. The summed E-state index contributed by atoms with van der Waals surface area (Å²) in [6.07, 6.45) is 6.14. The van der Waals surface area contributed by atoms with Gasteiger partial charge in [0.2, 0.25) is 0 Å². The Labute approximate surface area is 199 Å². The summed E-state index contributed by atoms with van der Waals surface area (Å²) in [5.41, 5.74) is -0.965. The maximum atomic E-state index is 13.3. The van der Waals surface area contributed by atoms with Crippen molar-refractivity contribution in [1.82, 2.24) is 0 Å². The van der Waals surface area contributed by atoms with Crippen LogP contribution in [0.25, 0.3) is 0 Å². The van der Waals surface area contributed by atoms with Gasteiger partial charge in [0.15, 0.2) is 11.6 Å². The van der Waals surface area contributed by atoms with Crippen LogP contribution in [-0.4, -0.2) is 48.5 Å². The third-order valence-corrected chi connectivity index (χ3v) is 11.7. The fourth-order valence-corrected chi connectivity index (χ4v) is 9.67. The fraction of sp³-hybridized carbons (Fsp3) is 0.792. The van der Waals surface area contributed by atoms with Gasteiger partial charge in [-0.25, -0.2) is 0 Å². The van der Waals surface area contributed by atoms with Crippen molar-refractivity contribution in [1.29, 1.82) is 0 Å². The minimum Gasteiger partial charge on any atom is -0.393 e. The maximum absolute atomic E-state index is 13.3. The smallest absolute Gasteiger partial charge is 0.175 e. The zero-order valence-corrected chi connectivity index (χ0v) is 21.1. The summed E-state index contributed by atoms with van der Waals surface area (Å²) in [5, 5.41) is 23.1. The summed E-state index contributed by atoms with van der Waals surface area (Å²) in [6, 6.07) is 0. The highest BCUT2D eigenvalue weighted by Gasteiger charge is 2.68. The monoisotopic (exact) mass is 482 g/mol. The summed E-state index contributed by atoms with van der Waals surface area (Å²) < 4.78 is 0.745. The van der Waals surface area contributed by atoms with Crippen LogP contribution in [-0.2, 0) is 9.59 Å². The number of hydrogen-bond acceptors (Lipinski definition) is 7. The van der Waals surface area contributed by atoms with E-state index in [-0.39, 0.29) is 40.5 Å². The first-order valence-corrected chi connectivity index (χ1v) is 13.9. The van der Waals surface area contributed by atoms with Crippen LogP contribution in [0.4, 0.5) is 0 Å². The van der Waals surface area contributed by atoms with E-state index < -0.39 is 17.1 Å². The van der Waals surface area contributed by atoms with Gasteiger partial charge in [-0.15, -0.1) is 11.8 Å². The van der Waals surface area contributed by atoms with Gasteiger partial charge in [-0.1, -0.05) is 50.3 Å². The standard InChI is InChI=1S/C24H34O4S3/c1-4-30-21(29)31-13-19(27)24(28)10-8-17-16-6-5-14-11-15(25)7-9-22(14,2)20(16)18(26)12-23(17,24)3/h11,16-18,20,26,28H,4-10,12-13H2,1-3H3/t16-,17-,18-,20+,22-,23-,24-/m0/s1. The third kappa shape index (κ3) is 3.71. The van der Waals surface area contributed by atoms with E-state index in [0.29, 0.717) is 19.3 Å². The molecule has 172 valence electrons. The largest absolute Gasteiger partial charge is 0.393 e. The predicted molar refractivity (Wildman–Crippen MR) is 131 cm³/mol. The number of fused-ring (bicyclic) bond motifs is 5. The zero-order valence-electron chi connectivity index (χ0n) is 18.7. The Morgan fingerprint density at radius 1 is 1.23 bits per heavy atom. The lowest BCUT2D eigenvalue weighted by atomic mass is 9.45. The van der Waals surface area contributed by atoms with Crippen LogP contribution in [0.15, 0.2) is 11.6 Å². The molecule has 0 amide bonds. The number of allylic oxidation sites excluding steroid dienone is 1. The van der Waals surface area contributed by atoms with Crippen molar-refractivity contribution in [2.75, 3.05) is 11.5 Å². The van der Waals surface area contributed by atoms with Gasteiger partial charge in [0.1, 0.15) is 9.13 Å². The number of Topliss-reactive ketones (excluding diaryl/α,β-unsaturated/α-hetero) is 1. The topological polar surface area (TPSA) is 74.6 Å². The van der Waals surface area contributed by atoms with Crippen LogP contribution in [0.2, 0.25) is 0 Å². The molecule has 31 heavy (non-hydrogen) atoms. The van der Waals surface area contributed by atoms with Gasteiger partial charge >= 0.3 is 0 Å². The lowest BCUT2D eigenvalue weighted by Crippen LogP contribution is -2.62. The highest BCUT2D eigenvalue weighted by atomic mass is 32.2. The minimum atomic E-state index is -1.40. The molecule has 0 aromatic carbocycles. The highest BCUT2D eigenvalue weighted by Crippen LogP contribution is 2.67. The van der Waals surface area contributed by atoms with Gasteiger partial charge in [-0.3, -0.25) is 9.59 Å². The molecule has 4 aliphatic rings. The van der Waals surface area contributed by atoms with E-state index in [1.165, 1.54) is 17.3 Å². The average Bonchev–Trinajstić information content (AvgIpc) is 2.98. The van der Waals surface area contributed by atoms with Crippen molar-refractivity contribution in [2.45, 2.75) is 77.4 Å². The van der Waals surface area contributed by atoms with E-state index in [4.69, 9.17) is 12.2 Å². The molecule has 2 N–H and O–H groups in total. The Morgan fingerprint density at radius 3 is 2.68 bits per heavy atom. The summed E-state index contributed by atoms with van der Waals surface area (Å²) in [5.74, 6) is 1.72. The number of rotatable bonds is 4. The normalized spacial score (nSPS) is 44.2. The first kappa shape index (κ1) is 23.9. The second-order valence-corrected chi connectivity index (χ2v) is 13.8. The lowest BCUT2D eigenvalue weighted by molar-refractivity contribution is -0.178. The van der Waals surface area contributed by atoms with Gasteiger partial charge in [-0.2, -0.15) is 0 Å². The van der Waals surface area contributed by atoms with E-state index in [1.54, 1.807) is 11.8 Å². The molecule has 0 spiro atoms. The number of carbonyl (C=O) groups is 2. The van der Waals surface area contributed by atoms with Crippen molar-refractivity contribution in [3.05, 3.63) is 11.6 Å². The van der Waals surface area contributed by atoms with Crippen molar-refractivity contribution in [3.63, 3.8) is 0 Å². The molecule has 0 aromatic rings. The molecule has 0 unspecified atom stereocenters. The summed E-state index contributed by atoms with van der Waals surface area (Å²) in [7, 11) is 0. The van der Waals surface area contributed by atoms with Crippen LogP contribution in [0.1, 0.15) is 65.7 Å². The van der Waals surface area contributed by atoms with Crippen LogP contribution in [0, 0.1) is 28.6 Å². The van der Waals surface area contributed by atoms with E-state index in [9.17, 15) is 19.8 Å². The minimum absolute atomic E-state index is 0.0963. The predicted octanol–water partition coefficient (Wildman–Crippen LogP) is 4.56. The van der Waals surface area contributed by atoms with Crippen molar-refractivity contribution in [2.24, 2.45) is 28.6 Å². The van der Waals surface area contributed by atoms with Gasteiger partial charge < -0.3 is 10.2 Å². The summed E-state index contributed by atoms with van der Waals surface area (Å²) in [4.78, 5) is 25.3. The van der Waals surface area contributed by atoms with Crippen LogP contribution < -0.4 is 0 Å². The summed E-state index contributed by atoms with van der Waals surface area (Å²) >= 11 is 8.22. The van der Waals surface area contributed by atoms with Crippen LogP contribution in [0.3, 0.4) is 0 Å². The Kier molecular flexibility index (Phi) is 6.59. The molecule has 0 bridgehead atoms.